The third-order valence-corrected chi connectivity index (χ3v) is 2.21. The summed E-state index contributed by atoms with van der Waals surface area (Å²) in [5.41, 5.74) is 2.81. The second-order valence-electron chi connectivity index (χ2n) is 3.35. The maximum atomic E-state index is 5.64. The van der Waals surface area contributed by atoms with Crippen LogP contribution >= 0.6 is 11.6 Å². The van der Waals surface area contributed by atoms with E-state index >= 15 is 0 Å². The lowest BCUT2D eigenvalue weighted by Crippen LogP contribution is -1.85. The van der Waals surface area contributed by atoms with Crippen molar-refractivity contribution < 1.29 is 4.42 Å². The van der Waals surface area contributed by atoms with Gasteiger partial charge >= 0.3 is 0 Å². The fourth-order valence-electron chi connectivity index (χ4n) is 1.27. The second-order valence-corrected chi connectivity index (χ2v) is 3.67. The molecule has 68 valence electrons. The molecule has 0 unspecified atom stereocenters. The topological polar surface area (TPSA) is 26.0 Å². The first-order valence-electron chi connectivity index (χ1n) is 4.23. The van der Waals surface area contributed by atoms with Gasteiger partial charge in [-0.25, -0.2) is 0 Å². The molecule has 0 N–H and O–H groups in total. The van der Waals surface area contributed by atoms with Crippen LogP contribution in [0.5, 0.6) is 0 Å². The molecule has 0 bridgehead atoms. The van der Waals surface area contributed by atoms with Gasteiger partial charge in [0.15, 0.2) is 5.58 Å². The van der Waals surface area contributed by atoms with Crippen LogP contribution in [0, 0.1) is 0 Å². The number of hydrogen-bond donors (Lipinski definition) is 0. The first-order valence-corrected chi connectivity index (χ1v) is 4.60. The zero-order valence-electron chi connectivity index (χ0n) is 7.54. The van der Waals surface area contributed by atoms with E-state index in [9.17, 15) is 0 Å². The van der Waals surface area contributed by atoms with E-state index in [2.05, 4.69) is 18.8 Å². The molecule has 0 atom stereocenters. The molecular weight excluding hydrogens is 186 g/mol. The molecule has 0 saturated carbocycles. The van der Waals surface area contributed by atoms with Gasteiger partial charge in [-0.15, -0.1) is 0 Å². The summed E-state index contributed by atoms with van der Waals surface area (Å²) in [4.78, 5) is 4.01. The molecule has 3 heteroatoms. The third kappa shape index (κ3) is 1.54. The van der Waals surface area contributed by atoms with Gasteiger partial charge in [0.1, 0.15) is 5.52 Å². The maximum Gasteiger partial charge on any atom is 0.293 e. The summed E-state index contributed by atoms with van der Waals surface area (Å²) in [6.45, 7) is 4.28. The summed E-state index contributed by atoms with van der Waals surface area (Å²) in [6, 6.07) is 5.96. The average molecular weight is 196 g/mol. The molecule has 2 nitrogen and oxygen atoms in total. The lowest BCUT2D eigenvalue weighted by atomic mass is 10.0. The molecule has 1 aromatic heterocycles. The molecule has 0 radical (unpaired) electrons. The van der Waals surface area contributed by atoms with Gasteiger partial charge < -0.3 is 4.42 Å². The quantitative estimate of drug-likeness (QED) is 0.695. The van der Waals surface area contributed by atoms with Crippen LogP contribution in [0.25, 0.3) is 11.1 Å². The summed E-state index contributed by atoms with van der Waals surface area (Å²) in [5.74, 6) is 0.494. The number of fused-ring (bicyclic) bond motifs is 1. The van der Waals surface area contributed by atoms with Gasteiger partial charge in [0.05, 0.1) is 0 Å². The van der Waals surface area contributed by atoms with Crippen molar-refractivity contribution in [3.63, 3.8) is 0 Å². The van der Waals surface area contributed by atoms with E-state index in [0.717, 1.165) is 11.1 Å². The molecule has 0 amide bonds. The zero-order valence-corrected chi connectivity index (χ0v) is 8.30. The van der Waals surface area contributed by atoms with E-state index in [1.54, 1.807) is 0 Å². The number of halogens is 1. The fourth-order valence-corrected chi connectivity index (χ4v) is 1.45. The highest BCUT2D eigenvalue weighted by Crippen LogP contribution is 2.23. The lowest BCUT2D eigenvalue weighted by molar-refractivity contribution is 0.603. The van der Waals surface area contributed by atoms with E-state index in [0.29, 0.717) is 5.92 Å². The predicted molar refractivity (Wildman–Crippen MR) is 53.1 cm³/mol. The second kappa shape index (κ2) is 3.04. The Labute approximate surface area is 81.5 Å². The van der Waals surface area contributed by atoms with Crippen LogP contribution < -0.4 is 0 Å². The van der Waals surface area contributed by atoms with Crippen LogP contribution in [0.2, 0.25) is 5.35 Å². The summed E-state index contributed by atoms with van der Waals surface area (Å²) in [5, 5.41) is 0.205. The number of rotatable bonds is 1. The molecule has 0 spiro atoms. The lowest BCUT2D eigenvalue weighted by Gasteiger charge is -2.02. The van der Waals surface area contributed by atoms with Crippen molar-refractivity contribution in [2.45, 2.75) is 19.8 Å². The molecule has 0 aliphatic carbocycles. The normalized spacial score (nSPS) is 11.4. The van der Waals surface area contributed by atoms with Crippen molar-refractivity contribution in [2.75, 3.05) is 0 Å². The number of benzene rings is 1. The minimum atomic E-state index is 0.205. The standard InChI is InChI=1S/C10H10ClNO/c1-6(2)7-3-4-8-9(5-7)13-10(11)12-8/h3-6H,1-2H3. The van der Waals surface area contributed by atoms with Gasteiger partial charge in [-0.3, -0.25) is 0 Å². The smallest absolute Gasteiger partial charge is 0.293 e. The van der Waals surface area contributed by atoms with Crippen molar-refractivity contribution in [2.24, 2.45) is 0 Å². The monoisotopic (exact) mass is 195 g/mol. The Morgan fingerprint density at radius 1 is 1.38 bits per heavy atom. The van der Waals surface area contributed by atoms with Gasteiger partial charge in [-0.05, 0) is 35.2 Å². The molecular formula is C10H10ClNO. The Morgan fingerprint density at radius 3 is 2.85 bits per heavy atom. The largest absolute Gasteiger partial charge is 0.428 e. The van der Waals surface area contributed by atoms with E-state index in [1.165, 1.54) is 5.56 Å². The maximum absolute atomic E-state index is 5.64. The highest BCUT2D eigenvalue weighted by atomic mass is 35.5. The van der Waals surface area contributed by atoms with E-state index < -0.39 is 0 Å². The van der Waals surface area contributed by atoms with Crippen LogP contribution in [0.3, 0.4) is 0 Å². The molecule has 0 aliphatic rings. The molecule has 2 aromatic rings. The van der Waals surface area contributed by atoms with Crippen molar-refractivity contribution in [3.05, 3.63) is 29.1 Å². The van der Waals surface area contributed by atoms with Crippen molar-refractivity contribution in [1.29, 1.82) is 0 Å². The van der Waals surface area contributed by atoms with Gasteiger partial charge in [0.2, 0.25) is 0 Å². The Kier molecular flexibility index (Phi) is 2.00. The van der Waals surface area contributed by atoms with Crippen molar-refractivity contribution in [3.8, 4) is 0 Å². The summed E-state index contributed by atoms with van der Waals surface area (Å²) in [6.07, 6.45) is 0. The van der Waals surface area contributed by atoms with Gasteiger partial charge in [0, 0.05) is 0 Å². The molecule has 0 aliphatic heterocycles. The van der Waals surface area contributed by atoms with Crippen LogP contribution in [0.1, 0.15) is 25.3 Å². The van der Waals surface area contributed by atoms with Crippen molar-refractivity contribution >= 4 is 22.7 Å². The number of aromatic nitrogens is 1. The molecule has 1 aromatic carbocycles. The van der Waals surface area contributed by atoms with Crippen LogP contribution in [-0.2, 0) is 0 Å². The molecule has 1 heterocycles. The SMILES string of the molecule is CC(C)c1ccc2nc(Cl)oc2c1. The first kappa shape index (κ1) is 8.57. The Bertz CT molecular complexity index is 433. The van der Waals surface area contributed by atoms with E-state index in [4.69, 9.17) is 16.0 Å². The van der Waals surface area contributed by atoms with E-state index in [-0.39, 0.29) is 5.35 Å². The third-order valence-electron chi connectivity index (χ3n) is 2.05. The highest BCUT2D eigenvalue weighted by Gasteiger charge is 2.05. The molecule has 0 fully saturated rings. The summed E-state index contributed by atoms with van der Waals surface area (Å²) < 4.78 is 5.21. The highest BCUT2D eigenvalue weighted by molar-refractivity contribution is 6.28. The summed E-state index contributed by atoms with van der Waals surface area (Å²) in [7, 11) is 0. The number of oxazole rings is 1. The van der Waals surface area contributed by atoms with E-state index in [1.807, 2.05) is 18.2 Å². The Morgan fingerprint density at radius 2 is 2.15 bits per heavy atom. The van der Waals surface area contributed by atoms with Gasteiger partial charge in [0.25, 0.3) is 5.35 Å². The first-order chi connectivity index (χ1) is 6.16. The molecule has 13 heavy (non-hydrogen) atoms. The number of hydrogen-bond acceptors (Lipinski definition) is 2. The minimum Gasteiger partial charge on any atom is -0.428 e. The van der Waals surface area contributed by atoms with Gasteiger partial charge in [-0.1, -0.05) is 19.9 Å². The molecule has 2 rings (SSSR count). The average Bonchev–Trinajstić information content (AvgIpc) is 2.42. The van der Waals surface area contributed by atoms with Crippen LogP contribution in [-0.4, -0.2) is 4.98 Å². The Balaban J connectivity index is 2.61. The van der Waals surface area contributed by atoms with Crippen LogP contribution in [0.4, 0.5) is 0 Å². The molecule has 0 saturated heterocycles. The predicted octanol–water partition coefficient (Wildman–Crippen LogP) is 3.60. The van der Waals surface area contributed by atoms with Crippen molar-refractivity contribution in [1.82, 2.24) is 4.98 Å². The number of nitrogens with zero attached hydrogens (tertiary/aromatic N) is 1. The van der Waals surface area contributed by atoms with Gasteiger partial charge in [-0.2, -0.15) is 4.98 Å². The van der Waals surface area contributed by atoms with Crippen LogP contribution in [0.15, 0.2) is 22.6 Å². The minimum absolute atomic E-state index is 0.205. The fraction of sp³-hybridized carbons (Fsp3) is 0.300. The summed E-state index contributed by atoms with van der Waals surface area (Å²) >= 11 is 5.64. The zero-order chi connectivity index (χ0) is 9.42. The Hall–Kier alpha value is -1.02.